The van der Waals surface area contributed by atoms with Crippen molar-refractivity contribution >= 4 is 27.5 Å². The molecule has 1 rings (SSSR count). The highest BCUT2D eigenvalue weighted by Gasteiger charge is 2.01. The van der Waals surface area contributed by atoms with Crippen LogP contribution in [0.1, 0.15) is 12.5 Å². The molecule has 0 nitrogen and oxygen atoms in total. The second-order valence-corrected chi connectivity index (χ2v) is 4.18. The van der Waals surface area contributed by atoms with Gasteiger partial charge in [-0.25, -0.2) is 0 Å². The summed E-state index contributed by atoms with van der Waals surface area (Å²) in [6.07, 6.45) is 0.920. The van der Waals surface area contributed by atoms with E-state index < -0.39 is 0 Å². The van der Waals surface area contributed by atoms with Crippen LogP contribution in [0.4, 0.5) is 0 Å². The van der Waals surface area contributed by atoms with Gasteiger partial charge in [-0.1, -0.05) is 34.1 Å². The molecule has 0 saturated heterocycles. The van der Waals surface area contributed by atoms with Crippen molar-refractivity contribution in [3.63, 3.8) is 0 Å². The van der Waals surface area contributed by atoms with Gasteiger partial charge in [-0.05, 0) is 25.0 Å². The average Bonchev–Trinajstić information content (AvgIpc) is 1.93. The standard InChI is InChI=1S/C9H10BrCl/c1-7(11)6-8-4-2-3-5-9(8)10/h2-5,7H,6H2,1H3. The van der Waals surface area contributed by atoms with E-state index in [1.165, 1.54) is 5.56 Å². The molecule has 2 heteroatoms. The second kappa shape index (κ2) is 4.13. The third-order valence-corrected chi connectivity index (χ3v) is 2.39. The Morgan fingerprint density at radius 1 is 1.45 bits per heavy atom. The zero-order chi connectivity index (χ0) is 8.27. The molecule has 1 unspecified atom stereocenters. The molecule has 0 aliphatic carbocycles. The molecule has 1 aromatic carbocycles. The highest BCUT2D eigenvalue weighted by atomic mass is 79.9. The van der Waals surface area contributed by atoms with E-state index in [-0.39, 0.29) is 5.38 Å². The first-order chi connectivity index (χ1) is 5.20. The molecule has 0 aromatic heterocycles. The molecule has 0 radical (unpaired) electrons. The molecule has 0 spiro atoms. The summed E-state index contributed by atoms with van der Waals surface area (Å²) >= 11 is 9.33. The summed E-state index contributed by atoms with van der Waals surface area (Å²) in [5.74, 6) is 0. The molecule has 0 heterocycles. The van der Waals surface area contributed by atoms with Crippen LogP contribution in [0, 0.1) is 0 Å². The molecule has 11 heavy (non-hydrogen) atoms. The van der Waals surface area contributed by atoms with Gasteiger partial charge in [0, 0.05) is 9.85 Å². The lowest BCUT2D eigenvalue weighted by Gasteiger charge is -2.04. The van der Waals surface area contributed by atoms with Gasteiger partial charge in [-0.2, -0.15) is 0 Å². The number of benzene rings is 1. The third kappa shape index (κ3) is 2.84. The quantitative estimate of drug-likeness (QED) is 0.685. The molecule has 0 amide bonds. The molecule has 60 valence electrons. The van der Waals surface area contributed by atoms with Crippen molar-refractivity contribution in [2.24, 2.45) is 0 Å². The smallest absolute Gasteiger partial charge is 0.0348 e. The normalized spacial score (nSPS) is 13.0. The zero-order valence-electron chi connectivity index (χ0n) is 6.35. The monoisotopic (exact) mass is 232 g/mol. The van der Waals surface area contributed by atoms with E-state index in [1.807, 2.05) is 25.1 Å². The predicted octanol–water partition coefficient (Wildman–Crippen LogP) is 3.62. The fraction of sp³-hybridized carbons (Fsp3) is 0.333. The average molecular weight is 234 g/mol. The van der Waals surface area contributed by atoms with Crippen molar-refractivity contribution in [2.75, 3.05) is 0 Å². The summed E-state index contributed by atoms with van der Waals surface area (Å²) in [5, 5.41) is 0.202. The Labute approximate surface area is 80.7 Å². The van der Waals surface area contributed by atoms with Gasteiger partial charge >= 0.3 is 0 Å². The molecule has 0 fully saturated rings. The first-order valence-electron chi connectivity index (χ1n) is 3.57. The Bertz CT molecular complexity index is 233. The first kappa shape index (κ1) is 9.08. The minimum Gasteiger partial charge on any atom is -0.123 e. The molecule has 1 aromatic rings. The van der Waals surface area contributed by atoms with Crippen LogP contribution in [-0.4, -0.2) is 5.38 Å². The Morgan fingerprint density at radius 2 is 2.09 bits per heavy atom. The molecule has 0 aliphatic rings. The number of rotatable bonds is 2. The lowest BCUT2D eigenvalue weighted by atomic mass is 10.1. The summed E-state index contributed by atoms with van der Waals surface area (Å²) in [6, 6.07) is 8.16. The fourth-order valence-electron chi connectivity index (χ4n) is 0.967. The minimum atomic E-state index is 0.202. The molecular weight excluding hydrogens is 223 g/mol. The van der Waals surface area contributed by atoms with Gasteiger partial charge < -0.3 is 0 Å². The van der Waals surface area contributed by atoms with Crippen molar-refractivity contribution in [3.05, 3.63) is 34.3 Å². The minimum absolute atomic E-state index is 0.202. The summed E-state index contributed by atoms with van der Waals surface area (Å²) in [4.78, 5) is 0. The predicted molar refractivity (Wildman–Crippen MR) is 53.2 cm³/mol. The largest absolute Gasteiger partial charge is 0.123 e. The highest BCUT2D eigenvalue weighted by Crippen LogP contribution is 2.18. The van der Waals surface area contributed by atoms with E-state index in [0.29, 0.717) is 0 Å². The van der Waals surface area contributed by atoms with Gasteiger partial charge in [-0.3, -0.25) is 0 Å². The number of hydrogen-bond acceptors (Lipinski definition) is 0. The maximum Gasteiger partial charge on any atom is 0.0348 e. The summed E-state index contributed by atoms with van der Waals surface area (Å²) in [7, 11) is 0. The van der Waals surface area contributed by atoms with E-state index in [1.54, 1.807) is 0 Å². The highest BCUT2D eigenvalue weighted by molar-refractivity contribution is 9.10. The van der Waals surface area contributed by atoms with Crippen molar-refractivity contribution in [1.29, 1.82) is 0 Å². The van der Waals surface area contributed by atoms with Gasteiger partial charge in [0.15, 0.2) is 0 Å². The SMILES string of the molecule is CC(Cl)Cc1ccccc1Br. The van der Waals surface area contributed by atoms with E-state index in [4.69, 9.17) is 11.6 Å². The Kier molecular flexibility index (Phi) is 3.41. The van der Waals surface area contributed by atoms with Gasteiger partial charge in [0.25, 0.3) is 0 Å². The number of hydrogen-bond donors (Lipinski definition) is 0. The van der Waals surface area contributed by atoms with Crippen LogP contribution < -0.4 is 0 Å². The molecule has 0 N–H and O–H groups in total. The Morgan fingerprint density at radius 3 is 2.64 bits per heavy atom. The van der Waals surface area contributed by atoms with E-state index in [0.717, 1.165) is 10.9 Å². The molecule has 0 aliphatic heterocycles. The van der Waals surface area contributed by atoms with E-state index in [9.17, 15) is 0 Å². The Balaban J connectivity index is 2.78. The second-order valence-electron chi connectivity index (χ2n) is 2.58. The maximum absolute atomic E-state index is 5.86. The van der Waals surface area contributed by atoms with Crippen LogP contribution in [0.25, 0.3) is 0 Å². The lowest BCUT2D eigenvalue weighted by Crippen LogP contribution is -1.97. The summed E-state index contributed by atoms with van der Waals surface area (Å²) in [6.45, 7) is 2.00. The van der Waals surface area contributed by atoms with Crippen LogP contribution >= 0.6 is 27.5 Å². The summed E-state index contributed by atoms with van der Waals surface area (Å²) in [5.41, 5.74) is 1.27. The molecule has 0 bridgehead atoms. The number of alkyl halides is 1. The van der Waals surface area contributed by atoms with Gasteiger partial charge in [-0.15, -0.1) is 11.6 Å². The van der Waals surface area contributed by atoms with Crippen LogP contribution in [0.2, 0.25) is 0 Å². The number of halogens is 2. The summed E-state index contributed by atoms with van der Waals surface area (Å²) < 4.78 is 1.15. The Hall–Kier alpha value is -0.0100. The van der Waals surface area contributed by atoms with Crippen molar-refractivity contribution in [3.8, 4) is 0 Å². The van der Waals surface area contributed by atoms with E-state index in [2.05, 4.69) is 22.0 Å². The van der Waals surface area contributed by atoms with Crippen molar-refractivity contribution < 1.29 is 0 Å². The van der Waals surface area contributed by atoms with Crippen LogP contribution in [0.15, 0.2) is 28.7 Å². The molecule has 0 saturated carbocycles. The topological polar surface area (TPSA) is 0 Å². The van der Waals surface area contributed by atoms with Crippen LogP contribution in [0.3, 0.4) is 0 Å². The van der Waals surface area contributed by atoms with Gasteiger partial charge in [0.1, 0.15) is 0 Å². The zero-order valence-corrected chi connectivity index (χ0v) is 8.69. The van der Waals surface area contributed by atoms with Crippen LogP contribution in [0.5, 0.6) is 0 Å². The third-order valence-electron chi connectivity index (χ3n) is 1.46. The first-order valence-corrected chi connectivity index (χ1v) is 4.80. The fourth-order valence-corrected chi connectivity index (χ4v) is 1.58. The lowest BCUT2D eigenvalue weighted by molar-refractivity contribution is 0.926. The maximum atomic E-state index is 5.86. The van der Waals surface area contributed by atoms with Gasteiger partial charge in [0.05, 0.1) is 0 Å². The molecular formula is C9H10BrCl. The molecule has 1 atom stereocenters. The van der Waals surface area contributed by atoms with E-state index >= 15 is 0 Å². The van der Waals surface area contributed by atoms with Crippen molar-refractivity contribution in [1.82, 2.24) is 0 Å². The van der Waals surface area contributed by atoms with Crippen LogP contribution in [-0.2, 0) is 6.42 Å². The van der Waals surface area contributed by atoms with Gasteiger partial charge in [0.2, 0.25) is 0 Å². The van der Waals surface area contributed by atoms with Crippen molar-refractivity contribution in [2.45, 2.75) is 18.7 Å².